The number of likely N-dealkylation sites (tertiary alicyclic amines) is 1. The van der Waals surface area contributed by atoms with E-state index in [1.54, 1.807) is 29.8 Å². The second-order valence-electron chi connectivity index (χ2n) is 10.4. The lowest BCUT2D eigenvalue weighted by Crippen LogP contribution is -2.34. The third-order valence-electron chi connectivity index (χ3n) is 7.59. The van der Waals surface area contributed by atoms with Crippen LogP contribution in [0.3, 0.4) is 0 Å². The van der Waals surface area contributed by atoms with Gasteiger partial charge >= 0.3 is 0 Å². The number of halogens is 1. The average molecular weight is 528 g/mol. The highest BCUT2D eigenvalue weighted by Crippen LogP contribution is 2.48. The normalized spacial score (nSPS) is 16.6. The largest absolute Gasteiger partial charge is 0.450 e. The first-order valence-electron chi connectivity index (χ1n) is 13.1. The molecule has 4 aromatic rings. The molecule has 3 heterocycles. The summed E-state index contributed by atoms with van der Waals surface area (Å²) in [4.78, 5) is 35.2. The average Bonchev–Trinajstić information content (AvgIpc) is 3.33. The maximum absolute atomic E-state index is 15.5. The van der Waals surface area contributed by atoms with Crippen molar-refractivity contribution in [2.45, 2.75) is 25.3 Å². The van der Waals surface area contributed by atoms with Gasteiger partial charge in [0.1, 0.15) is 16.8 Å². The SMILES string of the molecule is CN(C)C=Nc1c(F)cc2c(=O)c(C(=O)NCCC3CCCN3C)cn3c2c1Oc1c-3ccc2ccccc12. The van der Waals surface area contributed by atoms with Gasteiger partial charge in [0.2, 0.25) is 5.43 Å². The number of carbonyl (C=O) groups is 1. The van der Waals surface area contributed by atoms with E-state index in [9.17, 15) is 9.59 Å². The van der Waals surface area contributed by atoms with E-state index in [0.717, 1.165) is 42.6 Å². The number of hydrogen-bond acceptors (Lipinski definition) is 5. The molecule has 39 heavy (non-hydrogen) atoms. The van der Waals surface area contributed by atoms with E-state index in [-0.39, 0.29) is 22.4 Å². The van der Waals surface area contributed by atoms with Crippen LogP contribution in [0.2, 0.25) is 0 Å². The van der Waals surface area contributed by atoms with Crippen molar-refractivity contribution in [1.29, 1.82) is 0 Å². The van der Waals surface area contributed by atoms with Gasteiger partial charge in [-0.25, -0.2) is 9.38 Å². The van der Waals surface area contributed by atoms with Crippen molar-refractivity contribution >= 4 is 39.6 Å². The Morgan fingerprint density at radius 2 is 2.03 bits per heavy atom. The first kappa shape index (κ1) is 25.1. The van der Waals surface area contributed by atoms with Crippen LogP contribution in [0.4, 0.5) is 10.1 Å². The van der Waals surface area contributed by atoms with Crippen LogP contribution in [0.5, 0.6) is 11.5 Å². The molecule has 0 bridgehead atoms. The Kier molecular flexibility index (Phi) is 6.31. The minimum atomic E-state index is -0.704. The predicted octanol–water partition coefficient (Wildman–Crippen LogP) is 4.82. The number of benzene rings is 3. The van der Waals surface area contributed by atoms with Crippen LogP contribution in [0, 0.1) is 5.82 Å². The molecule has 0 saturated carbocycles. The lowest BCUT2D eigenvalue weighted by molar-refractivity contribution is 0.0949. The van der Waals surface area contributed by atoms with Crippen molar-refractivity contribution in [2.75, 3.05) is 34.2 Å². The molecule has 1 N–H and O–H groups in total. The number of nitrogens with zero attached hydrogens (tertiary/aromatic N) is 4. The highest BCUT2D eigenvalue weighted by Gasteiger charge is 2.29. The third-order valence-corrected chi connectivity index (χ3v) is 7.59. The molecule has 1 aromatic heterocycles. The van der Waals surface area contributed by atoms with Gasteiger partial charge < -0.3 is 24.4 Å². The number of aromatic nitrogens is 1. The van der Waals surface area contributed by atoms with Crippen LogP contribution in [0.15, 0.2) is 58.4 Å². The zero-order valence-electron chi connectivity index (χ0n) is 22.2. The van der Waals surface area contributed by atoms with Crippen molar-refractivity contribution in [3.63, 3.8) is 0 Å². The van der Waals surface area contributed by atoms with E-state index in [2.05, 4.69) is 22.3 Å². The third kappa shape index (κ3) is 4.32. The van der Waals surface area contributed by atoms with Crippen molar-refractivity contribution in [3.8, 4) is 17.2 Å². The molecule has 0 spiro atoms. The number of pyridine rings is 1. The quantitative estimate of drug-likeness (QED) is 0.253. The Morgan fingerprint density at radius 1 is 1.21 bits per heavy atom. The molecule has 1 unspecified atom stereocenters. The van der Waals surface area contributed by atoms with Gasteiger partial charge in [-0.15, -0.1) is 0 Å². The van der Waals surface area contributed by atoms with E-state index < -0.39 is 17.2 Å². The fraction of sp³-hybridized carbons (Fsp3) is 0.300. The number of rotatable bonds is 6. The van der Waals surface area contributed by atoms with Crippen LogP contribution >= 0.6 is 0 Å². The molecule has 1 saturated heterocycles. The summed E-state index contributed by atoms with van der Waals surface area (Å²) in [6.45, 7) is 1.51. The van der Waals surface area contributed by atoms with Gasteiger partial charge in [-0.05, 0) is 50.4 Å². The Hall–Kier alpha value is -4.24. The maximum Gasteiger partial charge on any atom is 0.256 e. The van der Waals surface area contributed by atoms with E-state index in [1.807, 2.05) is 36.4 Å². The smallest absolute Gasteiger partial charge is 0.256 e. The van der Waals surface area contributed by atoms with Crippen LogP contribution < -0.4 is 15.5 Å². The van der Waals surface area contributed by atoms with Crippen molar-refractivity contribution < 1.29 is 13.9 Å². The summed E-state index contributed by atoms with van der Waals surface area (Å²) in [6.07, 6.45) is 6.07. The number of amides is 1. The molecule has 2 aliphatic heterocycles. The first-order chi connectivity index (χ1) is 18.8. The van der Waals surface area contributed by atoms with E-state index in [1.165, 1.54) is 6.34 Å². The molecule has 1 fully saturated rings. The molecule has 9 heteroatoms. The zero-order chi connectivity index (χ0) is 27.3. The summed E-state index contributed by atoms with van der Waals surface area (Å²) < 4.78 is 23.6. The molecular formula is C30H30FN5O3. The highest BCUT2D eigenvalue weighted by atomic mass is 19.1. The fourth-order valence-electron chi connectivity index (χ4n) is 5.58. The topological polar surface area (TPSA) is 79.2 Å². The second kappa shape index (κ2) is 9.81. The molecule has 6 rings (SSSR count). The lowest BCUT2D eigenvalue weighted by Gasteiger charge is -2.26. The highest BCUT2D eigenvalue weighted by molar-refractivity contribution is 6.03. The minimum absolute atomic E-state index is 0.0131. The summed E-state index contributed by atoms with van der Waals surface area (Å²) in [5.74, 6) is -0.532. The molecule has 0 aliphatic carbocycles. The van der Waals surface area contributed by atoms with Gasteiger partial charge in [0.25, 0.3) is 5.91 Å². The van der Waals surface area contributed by atoms with E-state index in [0.29, 0.717) is 29.5 Å². The molecule has 8 nitrogen and oxygen atoms in total. The van der Waals surface area contributed by atoms with E-state index in [4.69, 9.17) is 4.74 Å². The maximum atomic E-state index is 15.5. The van der Waals surface area contributed by atoms with Gasteiger partial charge in [-0.1, -0.05) is 30.3 Å². The Bertz CT molecular complexity index is 1710. The Labute approximate surface area is 225 Å². The van der Waals surface area contributed by atoms with Crippen molar-refractivity contribution in [1.82, 2.24) is 19.7 Å². The lowest BCUT2D eigenvalue weighted by atomic mass is 10.0. The second-order valence-corrected chi connectivity index (χ2v) is 10.4. The standard InChI is InChI=1S/C30H30FN5O3/c1-34(2)17-33-25-23(31)15-21-26-29(25)39-28-20-9-5-4-7-18(20)10-11-24(28)36(26)16-22(27(21)37)30(38)32-13-12-19-8-6-14-35(19)3/h4-5,7,9-11,15-17,19H,6,8,12-14H2,1-3H3,(H,32,38). The molecule has 0 radical (unpaired) electrons. The van der Waals surface area contributed by atoms with Gasteiger partial charge in [0.05, 0.1) is 17.4 Å². The number of fused-ring (bicyclic) bond motifs is 4. The summed E-state index contributed by atoms with van der Waals surface area (Å²) >= 11 is 0. The Morgan fingerprint density at radius 3 is 2.79 bits per heavy atom. The number of hydrogen-bond donors (Lipinski definition) is 1. The zero-order valence-corrected chi connectivity index (χ0v) is 22.2. The van der Waals surface area contributed by atoms with Gasteiger partial charge in [0, 0.05) is 38.3 Å². The van der Waals surface area contributed by atoms with Gasteiger partial charge in [-0.3, -0.25) is 9.59 Å². The van der Waals surface area contributed by atoms with Crippen molar-refractivity contribution in [2.24, 2.45) is 4.99 Å². The summed E-state index contributed by atoms with van der Waals surface area (Å²) in [5, 5.41) is 4.75. The molecule has 200 valence electrons. The summed E-state index contributed by atoms with van der Waals surface area (Å²) in [6, 6.07) is 13.1. The minimum Gasteiger partial charge on any atom is -0.450 e. The fourth-order valence-corrected chi connectivity index (χ4v) is 5.58. The molecule has 1 amide bonds. The first-order valence-corrected chi connectivity index (χ1v) is 13.1. The molecule has 1 atom stereocenters. The van der Waals surface area contributed by atoms with Gasteiger partial charge in [0.15, 0.2) is 17.3 Å². The van der Waals surface area contributed by atoms with Crippen LogP contribution in [0.1, 0.15) is 29.6 Å². The summed E-state index contributed by atoms with van der Waals surface area (Å²) in [7, 11) is 5.65. The molecular weight excluding hydrogens is 497 g/mol. The number of carbonyl (C=O) groups excluding carboxylic acids is 1. The number of aliphatic imine (C=N–C) groups is 1. The predicted molar refractivity (Wildman–Crippen MR) is 152 cm³/mol. The van der Waals surface area contributed by atoms with Crippen LogP contribution in [-0.2, 0) is 0 Å². The molecule has 3 aromatic carbocycles. The summed E-state index contributed by atoms with van der Waals surface area (Å²) in [5.41, 5.74) is 0.424. The Balaban J connectivity index is 1.51. The van der Waals surface area contributed by atoms with Gasteiger partial charge in [-0.2, -0.15) is 0 Å². The van der Waals surface area contributed by atoms with E-state index >= 15 is 4.39 Å². The van der Waals surface area contributed by atoms with Crippen LogP contribution in [-0.4, -0.2) is 66.9 Å². The number of ether oxygens (including phenoxy) is 1. The van der Waals surface area contributed by atoms with Crippen molar-refractivity contribution in [3.05, 3.63) is 70.3 Å². The molecule has 2 aliphatic rings. The number of nitrogens with one attached hydrogen (secondary N) is 1. The monoisotopic (exact) mass is 527 g/mol. The van der Waals surface area contributed by atoms with Crippen LogP contribution in [0.25, 0.3) is 27.4 Å².